The number of nitrogens with one attached hydrogen (secondary N) is 1. The van der Waals surface area contributed by atoms with Crippen LogP contribution in [0.3, 0.4) is 0 Å². The Labute approximate surface area is 64.3 Å². The zero-order valence-electron chi connectivity index (χ0n) is 7.35. The maximum atomic E-state index is 7.08. The molecule has 0 fully saturated rings. The molecule has 1 atom stereocenters. The Morgan fingerprint density at radius 2 is 1.90 bits per heavy atom. The van der Waals surface area contributed by atoms with E-state index in [0.29, 0.717) is 5.92 Å². The SMILES string of the molecule is CCC(C=N)CCC(C)C. The van der Waals surface area contributed by atoms with E-state index in [4.69, 9.17) is 5.41 Å². The smallest absolute Gasteiger partial charge is 0.00168 e. The molecule has 1 heteroatoms. The highest BCUT2D eigenvalue weighted by Crippen LogP contribution is 2.12. The predicted molar refractivity (Wildman–Crippen MR) is 46.6 cm³/mol. The molecule has 0 aromatic rings. The lowest BCUT2D eigenvalue weighted by Crippen LogP contribution is -2.01. The molecular weight excluding hydrogens is 122 g/mol. The molecule has 0 aliphatic carbocycles. The fraction of sp³-hybridized carbons (Fsp3) is 0.889. The van der Waals surface area contributed by atoms with Gasteiger partial charge in [0.1, 0.15) is 0 Å². The molecule has 0 saturated heterocycles. The van der Waals surface area contributed by atoms with E-state index in [1.807, 2.05) is 0 Å². The molecule has 0 spiro atoms. The minimum atomic E-state index is 0.530. The van der Waals surface area contributed by atoms with Crippen LogP contribution in [0.5, 0.6) is 0 Å². The van der Waals surface area contributed by atoms with Crippen LogP contribution < -0.4 is 0 Å². The van der Waals surface area contributed by atoms with E-state index >= 15 is 0 Å². The van der Waals surface area contributed by atoms with Crippen molar-refractivity contribution in [3.05, 3.63) is 0 Å². The highest BCUT2D eigenvalue weighted by molar-refractivity contribution is 5.56. The van der Waals surface area contributed by atoms with Crippen molar-refractivity contribution in [2.45, 2.75) is 40.0 Å². The third-order valence-corrected chi connectivity index (χ3v) is 1.87. The van der Waals surface area contributed by atoms with Gasteiger partial charge < -0.3 is 5.41 Å². The van der Waals surface area contributed by atoms with Crippen LogP contribution in [0.1, 0.15) is 40.0 Å². The van der Waals surface area contributed by atoms with E-state index in [2.05, 4.69) is 20.8 Å². The summed E-state index contributed by atoms with van der Waals surface area (Å²) < 4.78 is 0. The Morgan fingerprint density at radius 3 is 2.20 bits per heavy atom. The molecule has 0 bridgehead atoms. The molecule has 0 amide bonds. The largest absolute Gasteiger partial charge is 0.313 e. The van der Waals surface area contributed by atoms with Crippen molar-refractivity contribution in [3.8, 4) is 0 Å². The molecule has 0 aromatic carbocycles. The summed E-state index contributed by atoms with van der Waals surface area (Å²) in [5, 5.41) is 7.08. The van der Waals surface area contributed by atoms with Crippen molar-refractivity contribution >= 4 is 6.21 Å². The predicted octanol–water partition coefficient (Wildman–Crippen LogP) is 3.10. The highest BCUT2D eigenvalue weighted by Gasteiger charge is 2.02. The van der Waals surface area contributed by atoms with Crippen LogP contribution in [0.4, 0.5) is 0 Å². The third-order valence-electron chi connectivity index (χ3n) is 1.87. The summed E-state index contributed by atoms with van der Waals surface area (Å²) in [6.07, 6.45) is 5.16. The van der Waals surface area contributed by atoms with E-state index in [1.165, 1.54) is 12.8 Å². The van der Waals surface area contributed by atoms with Gasteiger partial charge in [-0.1, -0.05) is 27.2 Å². The van der Waals surface area contributed by atoms with Gasteiger partial charge in [-0.05, 0) is 30.9 Å². The van der Waals surface area contributed by atoms with Crippen molar-refractivity contribution < 1.29 is 0 Å². The first-order valence-electron chi connectivity index (χ1n) is 4.21. The van der Waals surface area contributed by atoms with Gasteiger partial charge in [0.05, 0.1) is 0 Å². The molecular formula is C9H19N. The second-order valence-corrected chi connectivity index (χ2v) is 3.31. The van der Waals surface area contributed by atoms with Gasteiger partial charge in [0, 0.05) is 0 Å². The van der Waals surface area contributed by atoms with Gasteiger partial charge in [0.15, 0.2) is 0 Å². The molecule has 1 unspecified atom stereocenters. The van der Waals surface area contributed by atoms with Gasteiger partial charge in [0.2, 0.25) is 0 Å². The summed E-state index contributed by atoms with van der Waals surface area (Å²) in [4.78, 5) is 0. The monoisotopic (exact) mass is 141 g/mol. The van der Waals surface area contributed by atoms with Gasteiger partial charge >= 0.3 is 0 Å². The first kappa shape index (κ1) is 9.67. The van der Waals surface area contributed by atoms with Gasteiger partial charge in [-0.15, -0.1) is 0 Å². The van der Waals surface area contributed by atoms with E-state index in [1.54, 1.807) is 6.21 Å². The van der Waals surface area contributed by atoms with E-state index in [9.17, 15) is 0 Å². The number of hydrogen-bond donors (Lipinski definition) is 1. The maximum absolute atomic E-state index is 7.08. The second-order valence-electron chi connectivity index (χ2n) is 3.31. The summed E-state index contributed by atoms with van der Waals surface area (Å²) in [5.74, 6) is 1.32. The van der Waals surface area contributed by atoms with E-state index < -0.39 is 0 Å². The summed E-state index contributed by atoms with van der Waals surface area (Å²) in [6, 6.07) is 0. The van der Waals surface area contributed by atoms with Gasteiger partial charge in [-0.2, -0.15) is 0 Å². The van der Waals surface area contributed by atoms with E-state index in [-0.39, 0.29) is 0 Å². The second kappa shape index (κ2) is 5.45. The molecule has 0 saturated carbocycles. The van der Waals surface area contributed by atoms with E-state index in [0.717, 1.165) is 12.3 Å². The average molecular weight is 141 g/mol. The van der Waals surface area contributed by atoms with Crippen LogP contribution in [0.15, 0.2) is 0 Å². The van der Waals surface area contributed by atoms with Gasteiger partial charge in [0.25, 0.3) is 0 Å². The number of rotatable bonds is 5. The average Bonchev–Trinajstić information content (AvgIpc) is 1.90. The molecule has 0 aromatic heterocycles. The van der Waals surface area contributed by atoms with Crippen molar-refractivity contribution in [2.24, 2.45) is 11.8 Å². The lowest BCUT2D eigenvalue weighted by Gasteiger charge is -2.09. The maximum Gasteiger partial charge on any atom is -0.00168 e. The lowest BCUT2D eigenvalue weighted by atomic mass is 9.97. The summed E-state index contributed by atoms with van der Waals surface area (Å²) in [6.45, 7) is 6.61. The Morgan fingerprint density at radius 1 is 1.30 bits per heavy atom. The van der Waals surface area contributed by atoms with Gasteiger partial charge in [-0.3, -0.25) is 0 Å². The molecule has 0 aliphatic rings. The van der Waals surface area contributed by atoms with Crippen molar-refractivity contribution in [3.63, 3.8) is 0 Å². The van der Waals surface area contributed by atoms with Gasteiger partial charge in [-0.25, -0.2) is 0 Å². The van der Waals surface area contributed by atoms with Crippen LogP contribution in [0.25, 0.3) is 0 Å². The summed E-state index contributed by atoms with van der Waals surface area (Å²) in [7, 11) is 0. The lowest BCUT2D eigenvalue weighted by molar-refractivity contribution is 0.493. The molecule has 1 nitrogen and oxygen atoms in total. The molecule has 0 aliphatic heterocycles. The Hall–Kier alpha value is -0.330. The molecule has 0 radical (unpaired) electrons. The van der Waals surface area contributed by atoms with Crippen molar-refractivity contribution in [2.75, 3.05) is 0 Å². The van der Waals surface area contributed by atoms with Crippen LogP contribution >= 0.6 is 0 Å². The molecule has 1 N–H and O–H groups in total. The molecule has 0 rings (SSSR count). The molecule has 60 valence electrons. The topological polar surface area (TPSA) is 23.9 Å². The Bertz CT molecular complexity index is 86.7. The zero-order valence-corrected chi connectivity index (χ0v) is 7.35. The van der Waals surface area contributed by atoms with Crippen molar-refractivity contribution in [1.29, 1.82) is 5.41 Å². The first-order valence-corrected chi connectivity index (χ1v) is 4.21. The zero-order chi connectivity index (χ0) is 7.98. The first-order chi connectivity index (χ1) is 4.70. The number of hydrogen-bond acceptors (Lipinski definition) is 1. The van der Waals surface area contributed by atoms with Crippen molar-refractivity contribution in [1.82, 2.24) is 0 Å². The molecule has 10 heavy (non-hydrogen) atoms. The van der Waals surface area contributed by atoms with Crippen LogP contribution in [-0.2, 0) is 0 Å². The highest BCUT2D eigenvalue weighted by atomic mass is 14.3. The summed E-state index contributed by atoms with van der Waals surface area (Å²) in [5.41, 5.74) is 0. The third kappa shape index (κ3) is 4.54. The Kier molecular flexibility index (Phi) is 5.27. The minimum Gasteiger partial charge on any atom is -0.313 e. The molecule has 0 heterocycles. The Balaban J connectivity index is 3.34. The summed E-state index contributed by atoms with van der Waals surface area (Å²) >= 11 is 0. The standard InChI is InChI=1S/C9H19N/c1-4-9(7-10)6-5-8(2)3/h7-10H,4-6H2,1-3H3. The fourth-order valence-electron chi connectivity index (χ4n) is 0.953. The van der Waals surface area contributed by atoms with Crippen LogP contribution in [-0.4, -0.2) is 6.21 Å². The fourth-order valence-corrected chi connectivity index (χ4v) is 0.953. The quantitative estimate of drug-likeness (QED) is 0.569. The normalized spacial score (nSPS) is 13.6. The van der Waals surface area contributed by atoms with Crippen LogP contribution in [0, 0.1) is 17.2 Å². The van der Waals surface area contributed by atoms with Crippen LogP contribution in [0.2, 0.25) is 0 Å². The minimum absolute atomic E-state index is 0.530.